The number of nitrogens with zero attached hydrogens (tertiary/aromatic N) is 3. The predicted octanol–water partition coefficient (Wildman–Crippen LogP) is 2.50. The molecule has 6 nitrogen and oxygen atoms in total. The molecule has 1 saturated carbocycles. The highest BCUT2D eigenvalue weighted by Crippen LogP contribution is 2.52. The minimum Gasteiger partial charge on any atom is -0.505 e. The van der Waals surface area contributed by atoms with Crippen LogP contribution in [-0.2, 0) is 18.5 Å². The van der Waals surface area contributed by atoms with E-state index in [1.807, 2.05) is 11.5 Å². The van der Waals surface area contributed by atoms with Gasteiger partial charge in [-0.25, -0.2) is 4.39 Å². The Hall–Kier alpha value is -2.83. The summed E-state index contributed by atoms with van der Waals surface area (Å²) in [6, 6.07) is 6.06. The standard InChI is InChI=1S/C21H22FN3O3/c1-2-23-12-21(8-9-21)25-15-7-10-24(11-13-3-5-14(22)6-4-13)19(27)16(15)18(26)17(25)20(23)28/h3-6,26H,2,7-12H2,1H3. The molecule has 1 fully saturated rings. The minimum absolute atomic E-state index is 0.163. The second-order valence-corrected chi connectivity index (χ2v) is 8.00. The van der Waals surface area contributed by atoms with Gasteiger partial charge in [-0.15, -0.1) is 0 Å². The number of halogens is 1. The Labute approximate surface area is 162 Å². The average molecular weight is 383 g/mol. The summed E-state index contributed by atoms with van der Waals surface area (Å²) in [5.74, 6) is -0.970. The summed E-state index contributed by atoms with van der Waals surface area (Å²) >= 11 is 0. The molecule has 0 radical (unpaired) electrons. The molecule has 3 aliphatic rings. The molecule has 0 saturated heterocycles. The van der Waals surface area contributed by atoms with E-state index >= 15 is 0 Å². The number of hydrogen-bond donors (Lipinski definition) is 1. The van der Waals surface area contributed by atoms with Crippen LogP contribution in [0.4, 0.5) is 4.39 Å². The van der Waals surface area contributed by atoms with Gasteiger partial charge in [-0.1, -0.05) is 12.1 Å². The number of aromatic hydroxyl groups is 1. The third kappa shape index (κ3) is 2.31. The zero-order valence-corrected chi connectivity index (χ0v) is 15.7. The lowest BCUT2D eigenvalue weighted by Crippen LogP contribution is -2.47. The fourth-order valence-corrected chi connectivity index (χ4v) is 4.68. The number of aromatic nitrogens is 1. The van der Waals surface area contributed by atoms with Gasteiger partial charge in [0.15, 0.2) is 11.4 Å². The zero-order valence-electron chi connectivity index (χ0n) is 15.7. The van der Waals surface area contributed by atoms with Gasteiger partial charge in [-0.05, 0) is 37.5 Å². The summed E-state index contributed by atoms with van der Waals surface area (Å²) in [5.41, 5.74) is 1.99. The van der Waals surface area contributed by atoms with E-state index in [0.29, 0.717) is 32.6 Å². The van der Waals surface area contributed by atoms with Crippen LogP contribution in [0.3, 0.4) is 0 Å². The first-order valence-electron chi connectivity index (χ1n) is 9.75. The first-order chi connectivity index (χ1) is 13.4. The molecule has 1 aromatic heterocycles. The summed E-state index contributed by atoms with van der Waals surface area (Å²) in [6.07, 6.45) is 2.51. The molecule has 0 bridgehead atoms. The van der Waals surface area contributed by atoms with Crippen LogP contribution in [-0.4, -0.2) is 50.9 Å². The number of amides is 2. The van der Waals surface area contributed by atoms with Crippen molar-refractivity contribution in [3.05, 3.63) is 52.6 Å². The smallest absolute Gasteiger partial charge is 0.274 e. The Morgan fingerprint density at radius 2 is 1.82 bits per heavy atom. The molecular formula is C21H22FN3O3. The van der Waals surface area contributed by atoms with Crippen LogP contribution in [0.2, 0.25) is 0 Å². The molecule has 28 heavy (non-hydrogen) atoms. The topological polar surface area (TPSA) is 65.8 Å². The number of carbonyl (C=O) groups is 2. The van der Waals surface area contributed by atoms with Crippen LogP contribution >= 0.6 is 0 Å². The second kappa shape index (κ2) is 5.83. The molecule has 1 aliphatic carbocycles. The van der Waals surface area contributed by atoms with Crippen molar-refractivity contribution < 1.29 is 19.1 Å². The zero-order chi connectivity index (χ0) is 19.6. The quantitative estimate of drug-likeness (QED) is 0.886. The van der Waals surface area contributed by atoms with Gasteiger partial charge in [-0.3, -0.25) is 9.59 Å². The molecule has 0 unspecified atom stereocenters. The molecule has 7 heteroatoms. The molecule has 2 amide bonds. The molecule has 5 rings (SSSR count). The van der Waals surface area contributed by atoms with Crippen LogP contribution in [0, 0.1) is 5.82 Å². The van der Waals surface area contributed by atoms with Crippen LogP contribution < -0.4 is 0 Å². The molecule has 0 atom stereocenters. The monoisotopic (exact) mass is 383 g/mol. The molecule has 3 heterocycles. The average Bonchev–Trinajstić information content (AvgIpc) is 3.38. The third-order valence-electron chi connectivity index (χ3n) is 6.31. The summed E-state index contributed by atoms with van der Waals surface area (Å²) in [4.78, 5) is 29.5. The van der Waals surface area contributed by atoms with E-state index in [0.717, 1.165) is 24.1 Å². The van der Waals surface area contributed by atoms with Crippen LogP contribution in [0.25, 0.3) is 0 Å². The second-order valence-electron chi connectivity index (χ2n) is 8.00. The maximum absolute atomic E-state index is 13.2. The highest BCUT2D eigenvalue weighted by Gasteiger charge is 2.55. The van der Waals surface area contributed by atoms with E-state index in [4.69, 9.17) is 0 Å². The highest BCUT2D eigenvalue weighted by atomic mass is 19.1. The van der Waals surface area contributed by atoms with E-state index in [1.54, 1.807) is 21.9 Å². The van der Waals surface area contributed by atoms with E-state index < -0.39 is 0 Å². The molecular weight excluding hydrogens is 361 g/mol. The van der Waals surface area contributed by atoms with E-state index in [-0.39, 0.29) is 40.2 Å². The summed E-state index contributed by atoms with van der Waals surface area (Å²) < 4.78 is 15.1. The summed E-state index contributed by atoms with van der Waals surface area (Å²) in [7, 11) is 0. The van der Waals surface area contributed by atoms with Crippen LogP contribution in [0.1, 0.15) is 51.9 Å². The lowest BCUT2D eigenvalue weighted by molar-refractivity contribution is 0.0650. The molecule has 2 aromatic rings. The summed E-state index contributed by atoms with van der Waals surface area (Å²) in [6.45, 7) is 4.01. The molecule has 146 valence electrons. The number of likely N-dealkylation sites (N-methyl/N-ethyl adjacent to an activating group) is 1. The van der Waals surface area contributed by atoms with Crippen molar-refractivity contribution in [1.29, 1.82) is 0 Å². The van der Waals surface area contributed by atoms with Gasteiger partial charge in [0.05, 0.1) is 5.54 Å². The van der Waals surface area contributed by atoms with Crippen molar-refractivity contribution in [3.63, 3.8) is 0 Å². The predicted molar refractivity (Wildman–Crippen MR) is 99.7 cm³/mol. The van der Waals surface area contributed by atoms with Gasteiger partial charge in [0.25, 0.3) is 11.8 Å². The minimum atomic E-state index is -0.317. The Balaban J connectivity index is 1.54. The van der Waals surface area contributed by atoms with Gasteiger partial charge in [-0.2, -0.15) is 0 Å². The molecule has 1 spiro atoms. The number of benzene rings is 1. The SMILES string of the molecule is CCN1CC2(CC2)n2c3c(c(O)c2C1=O)C(=O)N(Cc1ccc(F)cc1)CC3. The maximum Gasteiger partial charge on any atom is 0.274 e. The molecule has 1 N–H and O–H groups in total. The highest BCUT2D eigenvalue weighted by molar-refractivity contribution is 6.06. The Morgan fingerprint density at radius 3 is 2.46 bits per heavy atom. The van der Waals surface area contributed by atoms with Gasteiger partial charge in [0.1, 0.15) is 11.4 Å². The van der Waals surface area contributed by atoms with Crippen molar-refractivity contribution >= 4 is 11.8 Å². The Morgan fingerprint density at radius 1 is 1.11 bits per heavy atom. The fraction of sp³-hybridized carbons (Fsp3) is 0.429. The lowest BCUT2D eigenvalue weighted by atomic mass is 10.0. The van der Waals surface area contributed by atoms with E-state index in [1.165, 1.54) is 12.1 Å². The van der Waals surface area contributed by atoms with E-state index in [9.17, 15) is 19.1 Å². The van der Waals surface area contributed by atoms with Crippen molar-refractivity contribution in [1.82, 2.24) is 14.4 Å². The molecule has 1 aromatic carbocycles. The fourth-order valence-electron chi connectivity index (χ4n) is 4.68. The van der Waals surface area contributed by atoms with E-state index in [2.05, 4.69) is 0 Å². The van der Waals surface area contributed by atoms with Crippen LogP contribution in [0.5, 0.6) is 5.75 Å². The van der Waals surface area contributed by atoms with Crippen molar-refractivity contribution in [3.8, 4) is 5.75 Å². The normalized spacial score (nSPS) is 19.8. The number of rotatable bonds is 3. The van der Waals surface area contributed by atoms with Crippen molar-refractivity contribution in [2.75, 3.05) is 19.6 Å². The number of hydrogen-bond acceptors (Lipinski definition) is 3. The van der Waals surface area contributed by atoms with Gasteiger partial charge < -0.3 is 19.5 Å². The maximum atomic E-state index is 13.2. The summed E-state index contributed by atoms with van der Waals surface area (Å²) in [5, 5.41) is 10.9. The number of carbonyl (C=O) groups excluding carboxylic acids is 2. The van der Waals surface area contributed by atoms with Crippen LogP contribution in [0.15, 0.2) is 24.3 Å². The lowest BCUT2D eigenvalue weighted by Gasteiger charge is -2.36. The largest absolute Gasteiger partial charge is 0.505 e. The van der Waals surface area contributed by atoms with Gasteiger partial charge in [0, 0.05) is 38.3 Å². The Bertz CT molecular complexity index is 991. The van der Waals surface area contributed by atoms with Gasteiger partial charge in [0.2, 0.25) is 0 Å². The van der Waals surface area contributed by atoms with Crippen molar-refractivity contribution in [2.45, 2.75) is 38.3 Å². The molecule has 2 aliphatic heterocycles. The first-order valence-corrected chi connectivity index (χ1v) is 9.75. The number of fused-ring (bicyclic) bond motifs is 4. The third-order valence-corrected chi connectivity index (χ3v) is 6.31. The van der Waals surface area contributed by atoms with Gasteiger partial charge >= 0.3 is 0 Å². The first kappa shape index (κ1) is 17.3. The Kier molecular flexibility index (Phi) is 3.60. The van der Waals surface area contributed by atoms with Crippen molar-refractivity contribution in [2.24, 2.45) is 0 Å².